The van der Waals surface area contributed by atoms with E-state index in [1.807, 2.05) is 20.8 Å². The fraction of sp³-hybridized carbons (Fsp3) is 1.00. The number of rotatable bonds is 4. The van der Waals surface area contributed by atoms with Crippen molar-refractivity contribution in [2.75, 3.05) is 19.8 Å². The predicted molar refractivity (Wildman–Crippen MR) is 60.0 cm³/mol. The summed E-state index contributed by atoms with van der Waals surface area (Å²) in [5.74, 6) is 0. The average molecular weight is 241 g/mol. The Morgan fingerprint density at radius 2 is 1.40 bits per heavy atom. The van der Waals surface area contributed by atoms with Crippen molar-refractivity contribution in [1.82, 2.24) is 0 Å². The standard InChI is InChI=1S/C4H11NO3.C4H12O2Si/c5-4(1-6,2-7)3-8;1-4(2,3)5-6-7/h6-8H,1-3,5H2;1-3,7H3. The minimum absolute atomic E-state index is 0.137. The van der Waals surface area contributed by atoms with Crippen LogP contribution in [0.1, 0.15) is 20.8 Å². The van der Waals surface area contributed by atoms with Crippen LogP contribution in [0.4, 0.5) is 0 Å². The van der Waals surface area contributed by atoms with Crippen molar-refractivity contribution in [2.45, 2.75) is 31.9 Å². The van der Waals surface area contributed by atoms with Crippen molar-refractivity contribution in [3.05, 3.63) is 0 Å². The van der Waals surface area contributed by atoms with Crippen LogP contribution < -0.4 is 5.73 Å². The van der Waals surface area contributed by atoms with Crippen molar-refractivity contribution in [3.63, 3.8) is 0 Å². The summed E-state index contributed by atoms with van der Waals surface area (Å²) in [6.45, 7) is 4.64. The molecule has 0 aromatic rings. The maximum absolute atomic E-state index is 8.34. The van der Waals surface area contributed by atoms with Gasteiger partial charge in [-0.15, -0.1) is 0 Å². The molecule has 15 heavy (non-hydrogen) atoms. The van der Waals surface area contributed by atoms with Gasteiger partial charge in [0.25, 0.3) is 0 Å². The lowest BCUT2D eigenvalue weighted by Crippen LogP contribution is -2.50. The first-order chi connectivity index (χ1) is 6.74. The Labute approximate surface area is 93.5 Å². The summed E-state index contributed by atoms with van der Waals surface area (Å²) in [5.41, 5.74) is 3.80. The van der Waals surface area contributed by atoms with E-state index in [1.165, 1.54) is 0 Å². The van der Waals surface area contributed by atoms with Crippen LogP contribution in [0.25, 0.3) is 0 Å². The second-order valence-corrected chi connectivity index (χ2v) is 4.53. The Hall–Kier alpha value is -0.0231. The van der Waals surface area contributed by atoms with Crippen LogP contribution in [0.2, 0.25) is 0 Å². The second kappa shape index (κ2) is 8.17. The first-order valence-electron chi connectivity index (χ1n) is 4.58. The van der Waals surface area contributed by atoms with Crippen LogP contribution in [0.15, 0.2) is 0 Å². The third kappa shape index (κ3) is 11.9. The molecule has 0 radical (unpaired) electrons. The summed E-state index contributed by atoms with van der Waals surface area (Å²) in [7, 11) is 0.648. The molecule has 0 amide bonds. The highest BCUT2D eigenvalue weighted by atomic mass is 28.2. The van der Waals surface area contributed by atoms with E-state index in [9.17, 15) is 0 Å². The van der Waals surface area contributed by atoms with E-state index in [0.29, 0.717) is 10.5 Å². The van der Waals surface area contributed by atoms with Gasteiger partial charge in [-0.3, -0.25) is 4.58 Å². The van der Waals surface area contributed by atoms with Gasteiger partial charge in [0, 0.05) is 0 Å². The smallest absolute Gasteiger partial charge is 0.193 e. The molecule has 0 aliphatic rings. The minimum Gasteiger partial charge on any atom is -0.394 e. The van der Waals surface area contributed by atoms with Gasteiger partial charge in [0.2, 0.25) is 0 Å². The molecule has 5 N–H and O–H groups in total. The number of hydrogen-bond donors (Lipinski definition) is 4. The SMILES string of the molecule is CC(C)(C)OO[SiH3].NC(CO)(CO)CO. The fourth-order valence-corrected chi connectivity index (χ4v) is 0.900. The number of nitrogens with two attached hydrogens (primary N) is 1. The van der Waals surface area contributed by atoms with Crippen molar-refractivity contribution >= 4 is 10.5 Å². The molecule has 7 heteroatoms. The molecule has 0 spiro atoms. The summed E-state index contributed by atoms with van der Waals surface area (Å²) >= 11 is 0. The van der Waals surface area contributed by atoms with E-state index in [0.717, 1.165) is 0 Å². The number of aliphatic hydroxyl groups is 3. The van der Waals surface area contributed by atoms with Crippen molar-refractivity contribution in [1.29, 1.82) is 0 Å². The van der Waals surface area contributed by atoms with Gasteiger partial charge in [-0.05, 0) is 20.8 Å². The quantitative estimate of drug-likeness (QED) is 0.250. The molecule has 0 aromatic heterocycles. The van der Waals surface area contributed by atoms with Crippen LogP contribution in [-0.4, -0.2) is 56.8 Å². The van der Waals surface area contributed by atoms with Crippen LogP contribution in [0, 0.1) is 0 Å². The van der Waals surface area contributed by atoms with Crippen LogP contribution in [0.5, 0.6) is 0 Å². The van der Waals surface area contributed by atoms with Crippen LogP contribution >= 0.6 is 0 Å². The van der Waals surface area contributed by atoms with Gasteiger partial charge in [0.1, 0.15) is 0 Å². The highest BCUT2D eigenvalue weighted by Gasteiger charge is 2.20. The Morgan fingerprint density at radius 3 is 1.40 bits per heavy atom. The van der Waals surface area contributed by atoms with Gasteiger partial charge in [-0.25, -0.2) is 4.89 Å². The van der Waals surface area contributed by atoms with Gasteiger partial charge < -0.3 is 21.1 Å². The van der Waals surface area contributed by atoms with E-state index < -0.39 is 25.4 Å². The fourth-order valence-electron chi connectivity index (χ4n) is 0.400. The van der Waals surface area contributed by atoms with Crippen molar-refractivity contribution in [2.24, 2.45) is 5.73 Å². The van der Waals surface area contributed by atoms with Gasteiger partial charge in [-0.2, -0.15) is 0 Å². The zero-order chi connectivity index (χ0) is 12.5. The first-order valence-corrected chi connectivity index (χ1v) is 5.39. The Kier molecular flexibility index (Phi) is 9.46. The summed E-state index contributed by atoms with van der Waals surface area (Å²) < 4.78 is 4.55. The Balaban J connectivity index is 0. The lowest BCUT2D eigenvalue weighted by molar-refractivity contribution is -0.273. The molecule has 6 nitrogen and oxygen atoms in total. The minimum atomic E-state index is -1.21. The monoisotopic (exact) mass is 241 g/mol. The average Bonchev–Trinajstić information content (AvgIpc) is 2.16. The van der Waals surface area contributed by atoms with Gasteiger partial charge >= 0.3 is 0 Å². The molecule has 0 bridgehead atoms. The molecule has 0 aliphatic carbocycles. The van der Waals surface area contributed by atoms with Crippen LogP contribution in [-0.2, 0) is 9.46 Å². The normalized spacial score (nSPS) is 12.2. The van der Waals surface area contributed by atoms with Gasteiger partial charge in [0.15, 0.2) is 10.5 Å². The molecule has 0 saturated heterocycles. The highest BCUT2D eigenvalue weighted by Crippen LogP contribution is 2.04. The molecule has 0 fully saturated rings. The first kappa shape index (κ1) is 17.4. The molecule has 94 valence electrons. The van der Waals surface area contributed by atoms with Gasteiger partial charge in [0.05, 0.1) is 31.0 Å². The summed E-state index contributed by atoms with van der Waals surface area (Å²) in [4.78, 5) is 4.79. The van der Waals surface area contributed by atoms with E-state index in [1.54, 1.807) is 0 Å². The molecule has 0 atom stereocenters. The number of hydrogen-bond acceptors (Lipinski definition) is 6. The lowest BCUT2D eigenvalue weighted by Gasteiger charge is -2.20. The molecule has 0 heterocycles. The zero-order valence-corrected chi connectivity index (χ0v) is 11.9. The van der Waals surface area contributed by atoms with Crippen LogP contribution in [0.3, 0.4) is 0 Å². The van der Waals surface area contributed by atoms with Crippen molar-refractivity contribution in [3.8, 4) is 0 Å². The van der Waals surface area contributed by atoms with Gasteiger partial charge in [-0.1, -0.05) is 0 Å². The Bertz CT molecular complexity index is 138. The summed E-state index contributed by atoms with van der Waals surface area (Å²) in [6.07, 6.45) is 0. The molecule has 0 unspecified atom stereocenters. The van der Waals surface area contributed by atoms with Crippen molar-refractivity contribution < 1.29 is 24.8 Å². The summed E-state index contributed by atoms with van der Waals surface area (Å²) in [5, 5.41) is 25.0. The zero-order valence-electron chi connectivity index (χ0n) is 9.86. The predicted octanol–water partition coefficient (Wildman–Crippen LogP) is -2.33. The van der Waals surface area contributed by atoms with E-state index >= 15 is 0 Å². The Morgan fingerprint density at radius 1 is 1.07 bits per heavy atom. The van der Waals surface area contributed by atoms with E-state index in [4.69, 9.17) is 25.9 Å². The molecule has 0 aromatic carbocycles. The maximum Gasteiger partial charge on any atom is 0.193 e. The van der Waals surface area contributed by atoms with E-state index in [-0.39, 0.29) is 5.60 Å². The summed E-state index contributed by atoms with van der Waals surface area (Å²) in [6, 6.07) is 0. The molecular formula is C8H23NO5Si. The topological polar surface area (TPSA) is 105 Å². The lowest BCUT2D eigenvalue weighted by atomic mass is 10.1. The molecule has 0 aliphatic heterocycles. The number of aliphatic hydroxyl groups excluding tert-OH is 3. The second-order valence-electron chi connectivity index (χ2n) is 4.20. The maximum atomic E-state index is 8.34. The third-order valence-corrected chi connectivity index (χ3v) is 1.44. The van der Waals surface area contributed by atoms with E-state index in [2.05, 4.69) is 4.58 Å². The molecule has 0 saturated carbocycles. The highest BCUT2D eigenvalue weighted by molar-refractivity contribution is 5.97. The third-order valence-electron chi connectivity index (χ3n) is 1.28. The molecular weight excluding hydrogens is 218 g/mol. The largest absolute Gasteiger partial charge is 0.394 e. The molecule has 0 rings (SSSR count).